The molecule has 0 aromatic carbocycles. The van der Waals surface area contributed by atoms with Gasteiger partial charge < -0.3 is 10.1 Å². The highest BCUT2D eigenvalue weighted by molar-refractivity contribution is 4.82. The fourth-order valence-corrected chi connectivity index (χ4v) is 0.963. The van der Waals surface area contributed by atoms with Crippen molar-refractivity contribution in [1.29, 1.82) is 0 Å². The number of ether oxygens (including phenoxy) is 1. The molecule has 1 aliphatic rings. The number of nitrogens with one attached hydrogen (secondary N) is 1. The Morgan fingerprint density at radius 3 is 3.22 bits per heavy atom. The van der Waals surface area contributed by atoms with Crippen molar-refractivity contribution in [3.63, 3.8) is 0 Å². The van der Waals surface area contributed by atoms with Crippen LogP contribution in [0.3, 0.4) is 0 Å². The van der Waals surface area contributed by atoms with Crippen LogP contribution in [0.4, 0.5) is 0 Å². The third kappa shape index (κ3) is 2.06. The first-order chi connectivity index (χ1) is 4.43. The van der Waals surface area contributed by atoms with Gasteiger partial charge in [0.05, 0.1) is 6.26 Å². The molecule has 0 radical (unpaired) electrons. The van der Waals surface area contributed by atoms with E-state index in [1.54, 1.807) is 6.26 Å². The molecule has 9 heavy (non-hydrogen) atoms. The molecule has 1 heterocycles. The van der Waals surface area contributed by atoms with Gasteiger partial charge in [-0.1, -0.05) is 0 Å². The Morgan fingerprint density at radius 1 is 1.78 bits per heavy atom. The first-order valence-corrected chi connectivity index (χ1v) is 3.38. The van der Waals surface area contributed by atoms with Crippen molar-refractivity contribution in [1.82, 2.24) is 5.32 Å². The van der Waals surface area contributed by atoms with E-state index in [-0.39, 0.29) is 0 Å². The second-order valence-corrected chi connectivity index (χ2v) is 2.26. The Kier molecular flexibility index (Phi) is 2.58. The Bertz CT molecular complexity index is 101. The number of allylic oxidation sites excluding steroid dienone is 1. The summed E-state index contributed by atoms with van der Waals surface area (Å²) in [6, 6.07) is 0. The molecule has 0 unspecified atom stereocenters. The monoisotopic (exact) mass is 127 g/mol. The second kappa shape index (κ2) is 3.51. The maximum absolute atomic E-state index is 5.28. The maximum Gasteiger partial charge on any atom is 0.110 e. The van der Waals surface area contributed by atoms with Crippen LogP contribution in [0.15, 0.2) is 12.3 Å². The molecule has 1 rings (SSSR count). The first kappa shape index (κ1) is 6.62. The van der Waals surface area contributed by atoms with Gasteiger partial charge in [0.1, 0.15) is 6.10 Å². The van der Waals surface area contributed by atoms with Crippen LogP contribution in [0.5, 0.6) is 0 Å². The first-order valence-electron chi connectivity index (χ1n) is 3.38. The summed E-state index contributed by atoms with van der Waals surface area (Å²) >= 11 is 0. The Hall–Kier alpha value is -0.500. The Labute approximate surface area is 55.9 Å². The van der Waals surface area contributed by atoms with E-state index >= 15 is 0 Å². The zero-order chi connectivity index (χ0) is 6.53. The molecule has 1 aliphatic heterocycles. The van der Waals surface area contributed by atoms with Crippen molar-refractivity contribution >= 4 is 0 Å². The van der Waals surface area contributed by atoms with Gasteiger partial charge in [-0.05, 0) is 26.0 Å². The minimum absolute atomic E-state index is 0.403. The lowest BCUT2D eigenvalue weighted by Gasteiger charge is -2.18. The second-order valence-electron chi connectivity index (χ2n) is 2.26. The van der Waals surface area contributed by atoms with Gasteiger partial charge in [-0.3, -0.25) is 0 Å². The van der Waals surface area contributed by atoms with Crippen LogP contribution in [0.1, 0.15) is 12.8 Å². The van der Waals surface area contributed by atoms with Crippen molar-refractivity contribution in [2.24, 2.45) is 0 Å². The van der Waals surface area contributed by atoms with Gasteiger partial charge in [-0.2, -0.15) is 0 Å². The van der Waals surface area contributed by atoms with Crippen LogP contribution in [0.2, 0.25) is 0 Å². The van der Waals surface area contributed by atoms with E-state index in [9.17, 15) is 0 Å². The summed E-state index contributed by atoms with van der Waals surface area (Å²) < 4.78 is 5.28. The fraction of sp³-hybridized carbons (Fsp3) is 0.714. The zero-order valence-electron chi connectivity index (χ0n) is 5.76. The standard InChI is InChI=1S/C7H13NO/c1-8-6-7-4-2-3-5-9-7/h3,5,7-8H,2,4,6H2,1H3/t7-/m0/s1. The maximum atomic E-state index is 5.28. The van der Waals surface area contributed by atoms with E-state index in [1.807, 2.05) is 7.05 Å². The molecule has 2 heteroatoms. The molecular formula is C7H13NO. The lowest BCUT2D eigenvalue weighted by atomic mass is 10.1. The third-order valence-corrected chi connectivity index (χ3v) is 1.45. The SMILES string of the molecule is CNC[C@@H]1CCC=CO1. The van der Waals surface area contributed by atoms with Gasteiger partial charge in [0.25, 0.3) is 0 Å². The number of hydrogen-bond donors (Lipinski definition) is 1. The lowest BCUT2D eigenvalue weighted by molar-refractivity contribution is 0.124. The van der Waals surface area contributed by atoms with E-state index in [1.165, 1.54) is 0 Å². The molecule has 0 spiro atoms. The van der Waals surface area contributed by atoms with E-state index < -0.39 is 0 Å². The lowest BCUT2D eigenvalue weighted by Crippen LogP contribution is -2.26. The summed E-state index contributed by atoms with van der Waals surface area (Å²) in [6.45, 7) is 0.963. The molecule has 0 bridgehead atoms. The van der Waals surface area contributed by atoms with Crippen LogP contribution in [0, 0.1) is 0 Å². The van der Waals surface area contributed by atoms with Crippen molar-refractivity contribution in [2.45, 2.75) is 18.9 Å². The topological polar surface area (TPSA) is 21.3 Å². The summed E-state index contributed by atoms with van der Waals surface area (Å²) in [5, 5.41) is 3.08. The van der Waals surface area contributed by atoms with Crippen molar-refractivity contribution in [3.05, 3.63) is 12.3 Å². The number of rotatable bonds is 2. The summed E-state index contributed by atoms with van der Waals surface area (Å²) in [5.74, 6) is 0. The van der Waals surface area contributed by atoms with Gasteiger partial charge in [-0.15, -0.1) is 0 Å². The predicted molar refractivity (Wildman–Crippen MR) is 37.2 cm³/mol. The van der Waals surface area contributed by atoms with E-state index in [4.69, 9.17) is 4.74 Å². The molecule has 0 aromatic heterocycles. The van der Waals surface area contributed by atoms with Gasteiger partial charge >= 0.3 is 0 Å². The van der Waals surface area contributed by atoms with E-state index in [2.05, 4.69) is 11.4 Å². The van der Waals surface area contributed by atoms with Crippen LogP contribution in [-0.2, 0) is 4.74 Å². The van der Waals surface area contributed by atoms with Crippen molar-refractivity contribution in [3.8, 4) is 0 Å². The van der Waals surface area contributed by atoms with Crippen LogP contribution in [-0.4, -0.2) is 19.7 Å². The third-order valence-electron chi connectivity index (χ3n) is 1.45. The normalized spacial score (nSPS) is 25.7. The highest BCUT2D eigenvalue weighted by atomic mass is 16.5. The minimum atomic E-state index is 0.403. The largest absolute Gasteiger partial charge is 0.497 e. The van der Waals surface area contributed by atoms with Gasteiger partial charge in [0.15, 0.2) is 0 Å². The smallest absolute Gasteiger partial charge is 0.110 e. The van der Waals surface area contributed by atoms with Gasteiger partial charge in [-0.25, -0.2) is 0 Å². The molecule has 0 fully saturated rings. The summed E-state index contributed by atoms with van der Waals surface area (Å²) in [7, 11) is 1.95. The van der Waals surface area contributed by atoms with E-state index in [0.717, 1.165) is 19.4 Å². The Balaban J connectivity index is 2.18. The summed E-state index contributed by atoms with van der Waals surface area (Å²) in [4.78, 5) is 0. The average Bonchev–Trinajstić information content (AvgIpc) is 1.91. The molecule has 0 saturated carbocycles. The fourth-order valence-electron chi connectivity index (χ4n) is 0.963. The van der Waals surface area contributed by atoms with Gasteiger partial charge in [0.2, 0.25) is 0 Å². The van der Waals surface area contributed by atoms with Gasteiger partial charge in [0, 0.05) is 6.54 Å². The minimum Gasteiger partial charge on any atom is -0.497 e. The van der Waals surface area contributed by atoms with Crippen LogP contribution in [0.25, 0.3) is 0 Å². The van der Waals surface area contributed by atoms with E-state index in [0.29, 0.717) is 6.10 Å². The average molecular weight is 127 g/mol. The van der Waals surface area contributed by atoms with Crippen LogP contribution >= 0.6 is 0 Å². The molecule has 0 aliphatic carbocycles. The molecule has 2 nitrogen and oxygen atoms in total. The molecule has 1 atom stereocenters. The predicted octanol–water partition coefficient (Wildman–Crippen LogP) is 0.898. The highest BCUT2D eigenvalue weighted by Crippen LogP contribution is 2.08. The van der Waals surface area contributed by atoms with Crippen molar-refractivity contribution < 1.29 is 4.74 Å². The highest BCUT2D eigenvalue weighted by Gasteiger charge is 2.07. The summed E-state index contributed by atoms with van der Waals surface area (Å²) in [5.41, 5.74) is 0. The molecule has 0 saturated heterocycles. The molecular weight excluding hydrogens is 114 g/mol. The molecule has 0 amide bonds. The van der Waals surface area contributed by atoms with Crippen LogP contribution < -0.4 is 5.32 Å². The summed E-state index contributed by atoms with van der Waals surface area (Å²) in [6.07, 6.45) is 6.57. The quantitative estimate of drug-likeness (QED) is 0.595. The number of likely N-dealkylation sites (N-methyl/N-ethyl adjacent to an activating group) is 1. The zero-order valence-corrected chi connectivity index (χ0v) is 5.76. The Morgan fingerprint density at radius 2 is 2.67 bits per heavy atom. The molecule has 52 valence electrons. The molecule has 0 aromatic rings. The number of hydrogen-bond acceptors (Lipinski definition) is 2. The molecule has 1 N–H and O–H groups in total. The van der Waals surface area contributed by atoms with Crippen molar-refractivity contribution in [2.75, 3.05) is 13.6 Å².